The van der Waals surface area contributed by atoms with Crippen molar-refractivity contribution >= 4 is 0 Å². The SMILES string of the molecule is CCN(CCO)C(C)c1nc(-c2cccc(C(F)(F)F)c2)no1. The minimum atomic E-state index is -4.42. The predicted molar refractivity (Wildman–Crippen MR) is 77.5 cm³/mol. The van der Waals surface area contributed by atoms with Crippen LogP contribution in [0.1, 0.15) is 31.3 Å². The van der Waals surface area contributed by atoms with Crippen molar-refractivity contribution in [3.05, 3.63) is 35.7 Å². The number of aliphatic hydroxyl groups is 1. The number of halogens is 3. The minimum absolute atomic E-state index is 0.00714. The second kappa shape index (κ2) is 7.10. The van der Waals surface area contributed by atoms with E-state index in [4.69, 9.17) is 9.63 Å². The lowest BCUT2D eigenvalue weighted by Crippen LogP contribution is -2.29. The van der Waals surface area contributed by atoms with Crippen LogP contribution in [0, 0.1) is 0 Å². The van der Waals surface area contributed by atoms with Gasteiger partial charge in [-0.3, -0.25) is 4.90 Å². The largest absolute Gasteiger partial charge is 0.416 e. The second-order valence-corrected chi connectivity index (χ2v) is 5.06. The molecule has 8 heteroatoms. The van der Waals surface area contributed by atoms with Gasteiger partial charge in [0.1, 0.15) is 0 Å². The van der Waals surface area contributed by atoms with E-state index in [0.717, 1.165) is 12.1 Å². The fraction of sp³-hybridized carbons (Fsp3) is 0.467. The van der Waals surface area contributed by atoms with E-state index in [1.807, 2.05) is 18.7 Å². The van der Waals surface area contributed by atoms with Gasteiger partial charge in [-0.1, -0.05) is 24.2 Å². The molecule has 2 rings (SSSR count). The number of benzene rings is 1. The molecule has 0 saturated carbocycles. The molecule has 1 aromatic carbocycles. The smallest absolute Gasteiger partial charge is 0.395 e. The van der Waals surface area contributed by atoms with Crippen LogP contribution in [0.15, 0.2) is 28.8 Å². The summed E-state index contributed by atoms with van der Waals surface area (Å²) in [6, 6.07) is 4.55. The van der Waals surface area contributed by atoms with E-state index in [1.165, 1.54) is 12.1 Å². The van der Waals surface area contributed by atoms with E-state index >= 15 is 0 Å². The molecular weight excluding hydrogens is 311 g/mol. The van der Waals surface area contributed by atoms with Crippen molar-refractivity contribution in [1.29, 1.82) is 0 Å². The maximum absolute atomic E-state index is 12.8. The topological polar surface area (TPSA) is 62.4 Å². The summed E-state index contributed by atoms with van der Waals surface area (Å²) < 4.78 is 43.4. The molecule has 0 amide bonds. The van der Waals surface area contributed by atoms with Gasteiger partial charge in [-0.15, -0.1) is 0 Å². The molecule has 0 aliphatic heterocycles. The van der Waals surface area contributed by atoms with Gasteiger partial charge >= 0.3 is 6.18 Å². The van der Waals surface area contributed by atoms with Crippen LogP contribution >= 0.6 is 0 Å². The van der Waals surface area contributed by atoms with Crippen LogP contribution in [0.3, 0.4) is 0 Å². The zero-order chi connectivity index (χ0) is 17.0. The Kier molecular flexibility index (Phi) is 5.38. The quantitative estimate of drug-likeness (QED) is 0.882. The number of hydrogen-bond donors (Lipinski definition) is 1. The molecule has 23 heavy (non-hydrogen) atoms. The first-order chi connectivity index (χ1) is 10.9. The number of hydrogen-bond acceptors (Lipinski definition) is 5. The maximum atomic E-state index is 12.8. The summed E-state index contributed by atoms with van der Waals surface area (Å²) in [4.78, 5) is 6.11. The molecule has 1 atom stereocenters. The fourth-order valence-electron chi connectivity index (χ4n) is 2.27. The molecular formula is C15H18F3N3O2. The highest BCUT2D eigenvalue weighted by Gasteiger charge is 2.31. The Labute approximate surface area is 131 Å². The molecule has 5 nitrogen and oxygen atoms in total. The Morgan fingerprint density at radius 3 is 2.70 bits per heavy atom. The van der Waals surface area contributed by atoms with E-state index in [-0.39, 0.29) is 24.0 Å². The van der Waals surface area contributed by atoms with E-state index in [2.05, 4.69) is 10.1 Å². The Bertz CT molecular complexity index is 643. The Morgan fingerprint density at radius 1 is 1.35 bits per heavy atom. The summed E-state index contributed by atoms with van der Waals surface area (Å²) in [5.41, 5.74) is -0.517. The van der Waals surface area contributed by atoms with Gasteiger partial charge in [-0.25, -0.2) is 0 Å². The van der Waals surface area contributed by atoms with Gasteiger partial charge in [0.2, 0.25) is 11.7 Å². The van der Waals surface area contributed by atoms with Crippen LogP contribution in [0.2, 0.25) is 0 Å². The average molecular weight is 329 g/mol. The molecule has 126 valence electrons. The Hall–Kier alpha value is -1.93. The van der Waals surface area contributed by atoms with Gasteiger partial charge in [-0.05, 0) is 25.6 Å². The molecule has 0 radical (unpaired) electrons. The van der Waals surface area contributed by atoms with Gasteiger partial charge in [0.15, 0.2) is 0 Å². The predicted octanol–water partition coefficient (Wildman–Crippen LogP) is 3.13. The summed E-state index contributed by atoms with van der Waals surface area (Å²) in [6.07, 6.45) is -4.42. The molecule has 1 heterocycles. The molecule has 0 aliphatic carbocycles. The molecule has 2 aromatic rings. The molecule has 0 saturated heterocycles. The van der Waals surface area contributed by atoms with E-state index in [9.17, 15) is 13.2 Å². The lowest BCUT2D eigenvalue weighted by Gasteiger charge is -2.23. The molecule has 0 bridgehead atoms. The third kappa shape index (κ3) is 4.08. The van der Waals surface area contributed by atoms with Gasteiger partial charge in [0, 0.05) is 12.1 Å². The summed E-state index contributed by atoms with van der Waals surface area (Å²) in [5.74, 6) is 0.408. The van der Waals surface area contributed by atoms with Crippen molar-refractivity contribution in [2.75, 3.05) is 19.7 Å². The Balaban J connectivity index is 2.25. The van der Waals surface area contributed by atoms with Gasteiger partial charge in [0.05, 0.1) is 18.2 Å². The highest BCUT2D eigenvalue weighted by molar-refractivity contribution is 5.55. The zero-order valence-corrected chi connectivity index (χ0v) is 12.8. The Morgan fingerprint density at radius 2 is 2.09 bits per heavy atom. The van der Waals surface area contributed by atoms with E-state index in [1.54, 1.807) is 0 Å². The van der Waals surface area contributed by atoms with Crippen molar-refractivity contribution in [2.45, 2.75) is 26.1 Å². The minimum Gasteiger partial charge on any atom is -0.395 e. The second-order valence-electron chi connectivity index (χ2n) is 5.06. The highest BCUT2D eigenvalue weighted by Crippen LogP contribution is 2.31. The third-order valence-electron chi connectivity index (χ3n) is 3.59. The molecule has 0 aliphatic rings. The van der Waals surface area contributed by atoms with Crippen LogP contribution in [-0.2, 0) is 6.18 Å². The molecule has 0 fully saturated rings. The lowest BCUT2D eigenvalue weighted by atomic mass is 10.1. The monoisotopic (exact) mass is 329 g/mol. The van der Waals surface area contributed by atoms with Crippen LogP contribution < -0.4 is 0 Å². The normalized spacial score (nSPS) is 13.5. The fourth-order valence-corrected chi connectivity index (χ4v) is 2.27. The number of aliphatic hydroxyl groups excluding tert-OH is 1. The maximum Gasteiger partial charge on any atom is 0.416 e. The number of nitrogens with zero attached hydrogens (tertiary/aromatic N) is 3. The standard InChI is InChI=1S/C15H18F3N3O2/c1-3-21(7-8-22)10(2)14-19-13(20-23-14)11-5-4-6-12(9-11)15(16,17)18/h4-6,9-10,22H,3,7-8H2,1-2H3. The molecule has 1 N–H and O–H groups in total. The van der Waals surface area contributed by atoms with Gasteiger partial charge in [0.25, 0.3) is 0 Å². The summed E-state index contributed by atoms with van der Waals surface area (Å²) >= 11 is 0. The summed E-state index contributed by atoms with van der Waals surface area (Å²) in [7, 11) is 0. The summed E-state index contributed by atoms with van der Waals surface area (Å²) in [5, 5.41) is 12.8. The van der Waals surface area contributed by atoms with Crippen LogP contribution in [0.4, 0.5) is 13.2 Å². The van der Waals surface area contributed by atoms with Crippen molar-refractivity contribution in [1.82, 2.24) is 15.0 Å². The highest BCUT2D eigenvalue weighted by atomic mass is 19.4. The van der Waals surface area contributed by atoms with Crippen molar-refractivity contribution in [2.24, 2.45) is 0 Å². The van der Waals surface area contributed by atoms with Gasteiger partial charge < -0.3 is 9.63 Å². The molecule has 1 aromatic heterocycles. The number of alkyl halides is 3. The van der Waals surface area contributed by atoms with Gasteiger partial charge in [-0.2, -0.15) is 18.2 Å². The van der Waals surface area contributed by atoms with Crippen LogP contribution in [0.25, 0.3) is 11.4 Å². The van der Waals surface area contributed by atoms with Crippen LogP contribution in [0.5, 0.6) is 0 Å². The first kappa shape index (κ1) is 17.4. The third-order valence-corrected chi connectivity index (χ3v) is 3.59. The first-order valence-corrected chi connectivity index (χ1v) is 7.23. The van der Waals surface area contributed by atoms with E-state index < -0.39 is 11.7 Å². The number of rotatable bonds is 6. The van der Waals surface area contributed by atoms with E-state index in [0.29, 0.717) is 19.0 Å². The molecule has 0 spiro atoms. The lowest BCUT2D eigenvalue weighted by molar-refractivity contribution is -0.137. The average Bonchev–Trinajstić information content (AvgIpc) is 3.01. The van der Waals surface area contributed by atoms with Crippen LogP contribution in [-0.4, -0.2) is 39.8 Å². The van der Waals surface area contributed by atoms with Crippen molar-refractivity contribution in [3.8, 4) is 11.4 Å². The number of likely N-dealkylation sites (N-methyl/N-ethyl adjacent to an activating group) is 1. The number of aromatic nitrogens is 2. The van der Waals surface area contributed by atoms with Crippen molar-refractivity contribution in [3.63, 3.8) is 0 Å². The summed E-state index contributed by atoms with van der Waals surface area (Å²) in [6.45, 7) is 4.87. The first-order valence-electron chi connectivity index (χ1n) is 7.23. The van der Waals surface area contributed by atoms with Crippen molar-refractivity contribution < 1.29 is 22.8 Å². The molecule has 1 unspecified atom stereocenters. The zero-order valence-electron chi connectivity index (χ0n) is 12.8.